The van der Waals surface area contributed by atoms with Gasteiger partial charge in [0.15, 0.2) is 0 Å². The van der Waals surface area contributed by atoms with Crippen LogP contribution in [0.15, 0.2) is 18.2 Å². The Hall–Kier alpha value is -0.480. The highest BCUT2D eigenvalue weighted by atomic mass is 35.5. The Kier molecular flexibility index (Phi) is 6.61. The summed E-state index contributed by atoms with van der Waals surface area (Å²) < 4.78 is 0. The molecule has 6 heteroatoms. The van der Waals surface area contributed by atoms with Gasteiger partial charge in [-0.15, -0.1) is 12.4 Å². The molecule has 2 heterocycles. The molecule has 0 N–H and O–H groups in total. The van der Waals surface area contributed by atoms with Crippen LogP contribution in [0, 0.1) is 5.92 Å². The number of rotatable bonds is 3. The third-order valence-corrected chi connectivity index (χ3v) is 5.61. The fourth-order valence-corrected chi connectivity index (χ4v) is 4.23. The van der Waals surface area contributed by atoms with Gasteiger partial charge in [0.25, 0.3) is 0 Å². The van der Waals surface area contributed by atoms with E-state index >= 15 is 0 Å². The second-order valence-corrected chi connectivity index (χ2v) is 7.29. The zero-order valence-electron chi connectivity index (χ0n) is 13.3. The van der Waals surface area contributed by atoms with Crippen molar-refractivity contribution in [1.29, 1.82) is 0 Å². The van der Waals surface area contributed by atoms with Gasteiger partial charge < -0.3 is 9.80 Å². The summed E-state index contributed by atoms with van der Waals surface area (Å²) in [5.41, 5.74) is 0.909. The van der Waals surface area contributed by atoms with E-state index in [-0.39, 0.29) is 24.2 Å². The first kappa shape index (κ1) is 18.9. The molecule has 2 atom stereocenters. The van der Waals surface area contributed by atoms with E-state index in [1.165, 1.54) is 6.42 Å². The molecule has 0 aliphatic carbocycles. The maximum atomic E-state index is 12.8. The van der Waals surface area contributed by atoms with Crippen molar-refractivity contribution in [2.45, 2.75) is 31.7 Å². The quantitative estimate of drug-likeness (QED) is 0.797. The fraction of sp³-hybridized carbons (Fsp3) is 0.588. The Morgan fingerprint density at radius 3 is 2.52 bits per heavy atom. The van der Waals surface area contributed by atoms with E-state index in [4.69, 9.17) is 23.2 Å². The molecule has 2 saturated heterocycles. The van der Waals surface area contributed by atoms with Crippen LogP contribution in [0.4, 0.5) is 0 Å². The highest BCUT2D eigenvalue weighted by molar-refractivity contribution is 6.36. The summed E-state index contributed by atoms with van der Waals surface area (Å²) in [7, 11) is 2.13. The Morgan fingerprint density at radius 2 is 1.87 bits per heavy atom. The molecule has 3 nitrogen and oxygen atoms in total. The van der Waals surface area contributed by atoms with Gasteiger partial charge in [0.05, 0.1) is 0 Å². The van der Waals surface area contributed by atoms with Crippen LogP contribution in [0.1, 0.15) is 24.8 Å². The van der Waals surface area contributed by atoms with Gasteiger partial charge >= 0.3 is 0 Å². The SMILES string of the molecule is CN1CCCC(N2CCC(Cc3c(Cl)cccc3Cl)C2=O)C1.Cl. The molecule has 0 bridgehead atoms. The van der Waals surface area contributed by atoms with E-state index in [0.717, 1.165) is 38.0 Å². The molecular formula is C17H23Cl3N2O. The molecule has 0 spiro atoms. The molecule has 0 radical (unpaired) electrons. The first-order chi connectivity index (χ1) is 10.6. The van der Waals surface area contributed by atoms with Crippen LogP contribution >= 0.6 is 35.6 Å². The fourth-order valence-electron chi connectivity index (χ4n) is 3.68. The van der Waals surface area contributed by atoms with E-state index in [1.54, 1.807) is 0 Å². The van der Waals surface area contributed by atoms with E-state index in [0.29, 0.717) is 22.5 Å². The molecule has 1 amide bonds. The molecule has 23 heavy (non-hydrogen) atoms. The number of nitrogens with zero attached hydrogens (tertiary/aromatic N) is 2. The predicted molar refractivity (Wildman–Crippen MR) is 97.8 cm³/mol. The van der Waals surface area contributed by atoms with Crippen molar-refractivity contribution in [3.05, 3.63) is 33.8 Å². The van der Waals surface area contributed by atoms with Crippen molar-refractivity contribution >= 4 is 41.5 Å². The smallest absolute Gasteiger partial charge is 0.226 e. The number of piperidine rings is 1. The second kappa shape index (κ2) is 8.06. The Morgan fingerprint density at radius 1 is 1.17 bits per heavy atom. The lowest BCUT2D eigenvalue weighted by Gasteiger charge is -2.36. The maximum absolute atomic E-state index is 12.8. The number of hydrogen-bond donors (Lipinski definition) is 0. The first-order valence-electron chi connectivity index (χ1n) is 7.98. The third-order valence-electron chi connectivity index (χ3n) is 4.90. The van der Waals surface area contributed by atoms with Crippen molar-refractivity contribution < 1.29 is 4.79 Å². The maximum Gasteiger partial charge on any atom is 0.226 e. The van der Waals surface area contributed by atoms with Crippen LogP contribution in [-0.2, 0) is 11.2 Å². The van der Waals surface area contributed by atoms with Crippen molar-refractivity contribution in [3.63, 3.8) is 0 Å². The van der Waals surface area contributed by atoms with Crippen LogP contribution < -0.4 is 0 Å². The van der Waals surface area contributed by atoms with E-state index < -0.39 is 0 Å². The number of benzene rings is 1. The molecule has 2 unspecified atom stereocenters. The molecule has 128 valence electrons. The van der Waals surface area contributed by atoms with Crippen molar-refractivity contribution in [2.24, 2.45) is 5.92 Å². The number of carbonyl (C=O) groups excluding carboxylic acids is 1. The van der Waals surface area contributed by atoms with Gasteiger partial charge in [-0.2, -0.15) is 0 Å². The van der Waals surface area contributed by atoms with Crippen molar-refractivity contribution in [1.82, 2.24) is 9.80 Å². The summed E-state index contributed by atoms with van der Waals surface area (Å²) in [5.74, 6) is 0.293. The summed E-state index contributed by atoms with van der Waals surface area (Å²) in [6, 6.07) is 5.90. The van der Waals surface area contributed by atoms with Gasteiger partial charge in [0.2, 0.25) is 5.91 Å². The van der Waals surface area contributed by atoms with Crippen LogP contribution in [0.2, 0.25) is 10.0 Å². The van der Waals surface area contributed by atoms with Crippen LogP contribution in [0.25, 0.3) is 0 Å². The second-order valence-electron chi connectivity index (χ2n) is 6.48. The van der Waals surface area contributed by atoms with Gasteiger partial charge in [0.1, 0.15) is 0 Å². The lowest BCUT2D eigenvalue weighted by atomic mass is 9.97. The zero-order valence-corrected chi connectivity index (χ0v) is 15.6. The van der Waals surface area contributed by atoms with Gasteiger partial charge in [-0.1, -0.05) is 29.3 Å². The number of likely N-dealkylation sites (tertiary alicyclic amines) is 2. The number of carbonyl (C=O) groups is 1. The zero-order chi connectivity index (χ0) is 15.7. The molecule has 1 aromatic carbocycles. The van der Waals surface area contributed by atoms with Crippen molar-refractivity contribution in [3.8, 4) is 0 Å². The minimum Gasteiger partial charge on any atom is -0.338 e. The average Bonchev–Trinajstić information content (AvgIpc) is 2.84. The number of halogens is 3. The third kappa shape index (κ3) is 4.14. The molecule has 2 aliphatic rings. The molecule has 0 saturated carbocycles. The predicted octanol–water partition coefficient (Wildman–Crippen LogP) is 3.90. The summed E-state index contributed by atoms with van der Waals surface area (Å²) in [6.07, 6.45) is 3.85. The summed E-state index contributed by atoms with van der Waals surface area (Å²) >= 11 is 12.5. The summed E-state index contributed by atoms with van der Waals surface area (Å²) in [4.78, 5) is 17.2. The van der Waals surface area contributed by atoms with Gasteiger partial charge in [-0.05, 0) is 57.0 Å². The topological polar surface area (TPSA) is 23.6 Å². The number of hydrogen-bond acceptors (Lipinski definition) is 2. The van der Waals surface area contributed by atoms with Crippen LogP contribution in [0.5, 0.6) is 0 Å². The molecule has 2 fully saturated rings. The average molecular weight is 378 g/mol. The lowest BCUT2D eigenvalue weighted by Crippen LogP contribution is -2.47. The Balaban J connectivity index is 0.00000192. The monoisotopic (exact) mass is 376 g/mol. The summed E-state index contributed by atoms with van der Waals surface area (Å²) in [6.45, 7) is 2.99. The van der Waals surface area contributed by atoms with Crippen molar-refractivity contribution in [2.75, 3.05) is 26.7 Å². The normalized spacial score (nSPS) is 25.5. The van der Waals surface area contributed by atoms with Crippen LogP contribution in [0.3, 0.4) is 0 Å². The highest BCUT2D eigenvalue weighted by Crippen LogP contribution is 2.32. The van der Waals surface area contributed by atoms with E-state index in [2.05, 4.69) is 16.8 Å². The van der Waals surface area contributed by atoms with Gasteiger partial charge in [0, 0.05) is 35.1 Å². The highest BCUT2D eigenvalue weighted by Gasteiger charge is 2.37. The van der Waals surface area contributed by atoms with E-state index in [1.807, 2.05) is 18.2 Å². The lowest BCUT2D eigenvalue weighted by molar-refractivity contribution is -0.133. The summed E-state index contributed by atoms with van der Waals surface area (Å²) in [5, 5.41) is 1.33. The molecular weight excluding hydrogens is 355 g/mol. The first-order valence-corrected chi connectivity index (χ1v) is 8.73. The number of amides is 1. The van der Waals surface area contributed by atoms with Gasteiger partial charge in [-0.25, -0.2) is 0 Å². The Bertz CT molecular complexity index is 547. The standard InChI is InChI=1S/C17H22Cl2N2O.ClH/c1-20-8-3-4-13(11-20)21-9-7-12(17(21)22)10-14-15(18)5-2-6-16(14)19;/h2,5-6,12-13H,3-4,7-11H2,1H3;1H. The number of likely N-dealkylation sites (N-methyl/N-ethyl adjacent to an activating group) is 1. The Labute approximate surface area is 154 Å². The van der Waals surface area contributed by atoms with Gasteiger partial charge in [-0.3, -0.25) is 4.79 Å². The minimum absolute atomic E-state index is 0. The molecule has 2 aliphatic heterocycles. The largest absolute Gasteiger partial charge is 0.338 e. The molecule has 0 aromatic heterocycles. The molecule has 3 rings (SSSR count). The molecule has 1 aromatic rings. The van der Waals surface area contributed by atoms with E-state index in [9.17, 15) is 4.79 Å². The minimum atomic E-state index is 0. The van der Waals surface area contributed by atoms with Crippen LogP contribution in [-0.4, -0.2) is 48.4 Å².